The summed E-state index contributed by atoms with van der Waals surface area (Å²) in [6, 6.07) is 7.76. The molecule has 0 radical (unpaired) electrons. The van der Waals surface area contributed by atoms with Crippen LogP contribution in [-0.2, 0) is 22.8 Å². The predicted molar refractivity (Wildman–Crippen MR) is 117 cm³/mol. The van der Waals surface area contributed by atoms with E-state index in [9.17, 15) is 32.7 Å². The van der Waals surface area contributed by atoms with E-state index < -0.39 is 29.3 Å². The molecule has 1 aromatic heterocycles. The largest absolute Gasteiger partial charge is 0.480 e. The summed E-state index contributed by atoms with van der Waals surface area (Å²) in [5, 5.41) is 17.7. The molecule has 1 fully saturated rings. The molecule has 3 N–H and O–H groups in total. The quantitative estimate of drug-likeness (QED) is 0.580. The van der Waals surface area contributed by atoms with E-state index in [-0.39, 0.29) is 23.4 Å². The van der Waals surface area contributed by atoms with E-state index in [0.29, 0.717) is 24.6 Å². The fourth-order valence-electron chi connectivity index (χ4n) is 4.00. The van der Waals surface area contributed by atoms with Crippen LogP contribution in [0, 0.1) is 5.92 Å². The first-order valence-electron chi connectivity index (χ1n) is 10.9. The van der Waals surface area contributed by atoms with Gasteiger partial charge in [0.25, 0.3) is 5.91 Å². The monoisotopic (exact) mass is 480 g/mol. The number of amides is 2. The number of carboxylic acids is 1. The predicted octanol–water partition coefficient (Wildman–Crippen LogP) is 3.94. The van der Waals surface area contributed by atoms with Crippen molar-refractivity contribution < 1.29 is 32.7 Å². The number of carbonyl (C=O) groups excluding carboxylic acids is 2. The average Bonchev–Trinajstić information content (AvgIpc) is 3.16. The van der Waals surface area contributed by atoms with Crippen LogP contribution in [0.3, 0.4) is 0 Å². The summed E-state index contributed by atoms with van der Waals surface area (Å²) >= 11 is 0. The molecule has 1 saturated carbocycles. The Hall–Kier alpha value is -3.37. The van der Waals surface area contributed by atoms with Crippen molar-refractivity contribution in [3.8, 4) is 0 Å². The van der Waals surface area contributed by atoms with Crippen LogP contribution in [-0.4, -0.2) is 38.2 Å². The zero-order valence-electron chi connectivity index (χ0n) is 19.1. The molecule has 1 aromatic carbocycles. The topological polar surface area (TPSA) is 113 Å². The van der Waals surface area contributed by atoms with Gasteiger partial charge in [-0.1, -0.05) is 12.1 Å². The van der Waals surface area contributed by atoms with Crippen molar-refractivity contribution in [1.82, 2.24) is 15.1 Å². The SMILES string of the molecule is Cn1nc(C(F)(F)F)cc1C(=O)Nc1ccc([C@H]2CC[C@H](C(=O)NC(C)(C)C(=O)O)CC2)cc1. The molecule has 34 heavy (non-hydrogen) atoms. The second kappa shape index (κ2) is 9.47. The summed E-state index contributed by atoms with van der Waals surface area (Å²) in [5.74, 6) is -2.07. The number of halogens is 3. The molecule has 11 heteroatoms. The maximum atomic E-state index is 12.8. The van der Waals surface area contributed by atoms with Crippen molar-refractivity contribution >= 4 is 23.5 Å². The number of carboxylic acid groups (broad SMARTS) is 1. The van der Waals surface area contributed by atoms with Crippen molar-refractivity contribution in [3.05, 3.63) is 47.3 Å². The first-order valence-corrected chi connectivity index (χ1v) is 10.9. The third-order valence-electron chi connectivity index (χ3n) is 6.11. The second-order valence-corrected chi connectivity index (χ2v) is 9.08. The number of hydrogen-bond acceptors (Lipinski definition) is 4. The number of anilines is 1. The van der Waals surface area contributed by atoms with E-state index >= 15 is 0 Å². The van der Waals surface area contributed by atoms with E-state index in [0.717, 1.165) is 23.1 Å². The van der Waals surface area contributed by atoms with Gasteiger partial charge in [-0.2, -0.15) is 18.3 Å². The van der Waals surface area contributed by atoms with E-state index in [1.54, 1.807) is 12.1 Å². The van der Waals surface area contributed by atoms with Crippen LogP contribution < -0.4 is 10.6 Å². The van der Waals surface area contributed by atoms with Gasteiger partial charge >= 0.3 is 12.1 Å². The standard InChI is InChI=1S/C23H27F3N4O4/c1-22(2,21(33)34)28-19(31)15-6-4-13(5-7-15)14-8-10-16(11-9-14)27-20(32)17-12-18(23(24,25)26)29-30(17)3/h8-13,15H,4-7H2,1-3H3,(H,27,32)(H,28,31)(H,33,34)/t13-,15-. The summed E-state index contributed by atoms with van der Waals surface area (Å²) in [5.41, 5.74) is -1.20. The van der Waals surface area contributed by atoms with Crippen LogP contribution in [0.2, 0.25) is 0 Å². The van der Waals surface area contributed by atoms with E-state index in [2.05, 4.69) is 15.7 Å². The number of carbonyl (C=O) groups is 3. The van der Waals surface area contributed by atoms with E-state index in [1.807, 2.05) is 12.1 Å². The maximum absolute atomic E-state index is 12.8. The van der Waals surface area contributed by atoms with Gasteiger partial charge in [0.2, 0.25) is 5.91 Å². The first kappa shape index (κ1) is 25.3. The molecule has 1 aliphatic carbocycles. The Morgan fingerprint density at radius 3 is 2.15 bits per heavy atom. The first-order chi connectivity index (χ1) is 15.8. The Kier molecular flexibility index (Phi) is 7.04. The smallest absolute Gasteiger partial charge is 0.435 e. The van der Waals surface area contributed by atoms with E-state index in [1.165, 1.54) is 20.9 Å². The lowest BCUT2D eigenvalue weighted by Crippen LogP contribution is -2.51. The van der Waals surface area contributed by atoms with Gasteiger partial charge in [-0.15, -0.1) is 0 Å². The van der Waals surface area contributed by atoms with Gasteiger partial charge < -0.3 is 15.7 Å². The number of hydrogen-bond donors (Lipinski definition) is 3. The van der Waals surface area contributed by atoms with Crippen molar-refractivity contribution in [1.29, 1.82) is 0 Å². The van der Waals surface area contributed by atoms with Crippen LogP contribution in [0.5, 0.6) is 0 Å². The molecular weight excluding hydrogens is 453 g/mol. The van der Waals surface area contributed by atoms with Gasteiger partial charge in [-0.3, -0.25) is 14.3 Å². The van der Waals surface area contributed by atoms with Gasteiger partial charge in [0.05, 0.1) is 0 Å². The summed E-state index contributed by atoms with van der Waals surface area (Å²) in [6.45, 7) is 2.89. The lowest BCUT2D eigenvalue weighted by atomic mass is 9.78. The molecule has 1 heterocycles. The van der Waals surface area contributed by atoms with Crippen LogP contribution in [0.15, 0.2) is 30.3 Å². The Bertz CT molecular complexity index is 1070. The number of benzene rings is 1. The normalized spacial score (nSPS) is 18.9. The molecule has 3 rings (SSSR count). The van der Waals surface area contributed by atoms with Crippen molar-refractivity contribution in [2.24, 2.45) is 13.0 Å². The molecule has 0 unspecified atom stereocenters. The number of aliphatic carboxylic acids is 1. The highest BCUT2D eigenvalue weighted by Crippen LogP contribution is 2.36. The molecule has 0 saturated heterocycles. The summed E-state index contributed by atoms with van der Waals surface area (Å²) in [7, 11) is 1.27. The van der Waals surface area contributed by atoms with Gasteiger partial charge in [0, 0.05) is 24.7 Å². The highest BCUT2D eigenvalue weighted by molar-refractivity contribution is 6.03. The minimum Gasteiger partial charge on any atom is -0.480 e. The van der Waals surface area contributed by atoms with Gasteiger partial charge in [0.1, 0.15) is 11.2 Å². The molecule has 0 atom stereocenters. The van der Waals surface area contributed by atoms with Crippen LogP contribution in [0.25, 0.3) is 0 Å². The molecule has 184 valence electrons. The lowest BCUT2D eigenvalue weighted by molar-refractivity contribution is -0.147. The molecule has 0 aliphatic heterocycles. The summed E-state index contributed by atoms with van der Waals surface area (Å²) in [6.07, 6.45) is -1.86. The van der Waals surface area contributed by atoms with Crippen LogP contribution >= 0.6 is 0 Å². The minimum atomic E-state index is -4.63. The van der Waals surface area contributed by atoms with Gasteiger partial charge in [0.15, 0.2) is 5.69 Å². The zero-order valence-corrected chi connectivity index (χ0v) is 19.1. The summed E-state index contributed by atoms with van der Waals surface area (Å²) < 4.78 is 39.3. The van der Waals surface area contributed by atoms with Crippen LogP contribution in [0.4, 0.5) is 18.9 Å². The Morgan fingerprint density at radius 2 is 1.65 bits per heavy atom. The van der Waals surface area contributed by atoms with Gasteiger partial charge in [-0.25, -0.2) is 4.79 Å². The average molecular weight is 480 g/mol. The number of aryl methyl sites for hydroxylation is 1. The zero-order chi connectivity index (χ0) is 25.3. The molecule has 0 spiro atoms. The number of alkyl halides is 3. The number of nitrogens with one attached hydrogen (secondary N) is 2. The molecule has 1 aliphatic rings. The van der Waals surface area contributed by atoms with Crippen molar-refractivity contribution in [3.63, 3.8) is 0 Å². The molecule has 2 aromatic rings. The maximum Gasteiger partial charge on any atom is 0.435 e. The molecular formula is C23H27F3N4O4. The molecule has 8 nitrogen and oxygen atoms in total. The Morgan fingerprint density at radius 1 is 1.06 bits per heavy atom. The Balaban J connectivity index is 1.57. The Labute approximate surface area is 194 Å². The summed E-state index contributed by atoms with van der Waals surface area (Å²) in [4.78, 5) is 36.0. The van der Waals surface area contributed by atoms with Crippen LogP contribution in [0.1, 0.15) is 67.2 Å². The van der Waals surface area contributed by atoms with E-state index in [4.69, 9.17) is 0 Å². The number of nitrogens with zero attached hydrogens (tertiary/aromatic N) is 2. The third-order valence-corrected chi connectivity index (χ3v) is 6.11. The van der Waals surface area contributed by atoms with Crippen molar-refractivity contribution in [2.45, 2.75) is 57.2 Å². The van der Waals surface area contributed by atoms with Gasteiger partial charge in [-0.05, 0) is 63.1 Å². The lowest BCUT2D eigenvalue weighted by Gasteiger charge is -2.30. The molecule has 0 bridgehead atoms. The molecule has 2 amide bonds. The fourth-order valence-corrected chi connectivity index (χ4v) is 4.00. The number of aromatic nitrogens is 2. The highest BCUT2D eigenvalue weighted by Gasteiger charge is 2.36. The third kappa shape index (κ3) is 5.75. The number of rotatable bonds is 6. The minimum absolute atomic E-state index is 0.209. The second-order valence-electron chi connectivity index (χ2n) is 9.08. The fraction of sp³-hybridized carbons (Fsp3) is 0.478. The highest BCUT2D eigenvalue weighted by atomic mass is 19.4. The van der Waals surface area contributed by atoms with Crippen molar-refractivity contribution in [2.75, 3.05) is 5.32 Å².